The van der Waals surface area contributed by atoms with Crippen LogP contribution >= 0.6 is 0 Å². The van der Waals surface area contributed by atoms with Gasteiger partial charge in [0.05, 0.1) is 6.10 Å². The Balaban J connectivity index is 2.60. The van der Waals surface area contributed by atoms with E-state index in [2.05, 4.69) is 25.7 Å². The van der Waals surface area contributed by atoms with Gasteiger partial charge in [0.25, 0.3) is 0 Å². The average Bonchev–Trinajstić information content (AvgIpc) is 2.44. The summed E-state index contributed by atoms with van der Waals surface area (Å²) in [5.41, 5.74) is 1.89. The predicted octanol–water partition coefficient (Wildman–Crippen LogP) is 3.45. The van der Waals surface area contributed by atoms with Crippen molar-refractivity contribution in [2.75, 3.05) is 6.61 Å². The molecule has 112 valence electrons. The largest absolute Gasteiger partial charge is 0.489 e. The Morgan fingerprint density at radius 3 is 2.40 bits per heavy atom. The number of aliphatic hydroxyl groups excluding tert-OH is 1. The molecule has 1 aromatic carbocycles. The molecule has 3 unspecified atom stereocenters. The van der Waals surface area contributed by atoms with Gasteiger partial charge in [-0.1, -0.05) is 25.6 Å². The normalized spacial score (nSPS) is 15.4. The summed E-state index contributed by atoms with van der Waals surface area (Å²) in [7, 11) is 0. The van der Waals surface area contributed by atoms with Gasteiger partial charge in [-0.25, -0.2) is 0 Å². The molecular formula is C17H27NO2. The van der Waals surface area contributed by atoms with Crippen molar-refractivity contribution in [2.45, 2.75) is 52.3 Å². The number of ether oxygens (including phenoxy) is 1. The summed E-state index contributed by atoms with van der Waals surface area (Å²) in [5, 5.41) is 13.7. The maximum Gasteiger partial charge on any atom is 0.119 e. The number of nitrogens with one attached hydrogen (secondary N) is 1. The lowest BCUT2D eigenvalue weighted by Gasteiger charge is -2.24. The van der Waals surface area contributed by atoms with E-state index in [1.54, 1.807) is 0 Å². The van der Waals surface area contributed by atoms with Gasteiger partial charge in [-0.15, -0.1) is 0 Å². The van der Waals surface area contributed by atoms with Crippen molar-refractivity contribution in [3.05, 3.63) is 42.0 Å². The summed E-state index contributed by atoms with van der Waals surface area (Å²) in [6.07, 6.45) is 0.532. The minimum atomic E-state index is -0.515. The van der Waals surface area contributed by atoms with Crippen LogP contribution in [-0.4, -0.2) is 23.8 Å². The molecule has 0 saturated carbocycles. The van der Waals surface area contributed by atoms with Crippen molar-refractivity contribution >= 4 is 0 Å². The van der Waals surface area contributed by atoms with Crippen molar-refractivity contribution in [2.24, 2.45) is 0 Å². The van der Waals surface area contributed by atoms with Crippen LogP contribution in [0.4, 0.5) is 0 Å². The third-order valence-corrected chi connectivity index (χ3v) is 3.34. The Morgan fingerprint density at radius 2 is 1.90 bits per heavy atom. The second-order valence-corrected chi connectivity index (χ2v) is 5.52. The molecule has 1 aromatic rings. The SMILES string of the molecule is C=C(C)COc1ccc(C(O)C(C)NC(C)CC)cc1. The molecule has 0 aromatic heterocycles. The molecule has 3 heteroatoms. The molecule has 0 bridgehead atoms. The highest BCUT2D eigenvalue weighted by Gasteiger charge is 2.17. The van der Waals surface area contributed by atoms with E-state index >= 15 is 0 Å². The summed E-state index contributed by atoms with van der Waals surface area (Å²) in [6.45, 7) is 12.5. The van der Waals surface area contributed by atoms with Crippen molar-refractivity contribution in [3.8, 4) is 5.75 Å². The van der Waals surface area contributed by atoms with Gasteiger partial charge in [-0.2, -0.15) is 0 Å². The van der Waals surface area contributed by atoms with Crippen LogP contribution in [0.25, 0.3) is 0 Å². The minimum Gasteiger partial charge on any atom is -0.489 e. The van der Waals surface area contributed by atoms with Gasteiger partial charge in [-0.05, 0) is 50.5 Å². The first-order valence-corrected chi connectivity index (χ1v) is 7.25. The molecule has 0 spiro atoms. The molecule has 1 rings (SSSR count). The standard InChI is InChI=1S/C17H27NO2/c1-6-13(4)18-14(5)17(19)15-7-9-16(10-8-15)20-11-12(2)3/h7-10,13-14,17-19H,2,6,11H2,1,3-5H3. The van der Waals surface area contributed by atoms with E-state index in [0.29, 0.717) is 12.6 Å². The van der Waals surface area contributed by atoms with Crippen LogP contribution in [-0.2, 0) is 0 Å². The zero-order chi connectivity index (χ0) is 15.1. The second-order valence-electron chi connectivity index (χ2n) is 5.52. The van der Waals surface area contributed by atoms with Gasteiger partial charge in [0.15, 0.2) is 0 Å². The first-order chi connectivity index (χ1) is 9.43. The van der Waals surface area contributed by atoms with Crippen LogP contribution in [0.1, 0.15) is 45.8 Å². The maximum atomic E-state index is 10.3. The van der Waals surface area contributed by atoms with Gasteiger partial charge >= 0.3 is 0 Å². The van der Waals surface area contributed by atoms with Gasteiger partial charge in [0, 0.05) is 12.1 Å². The monoisotopic (exact) mass is 277 g/mol. The van der Waals surface area contributed by atoms with Crippen molar-refractivity contribution in [3.63, 3.8) is 0 Å². The van der Waals surface area contributed by atoms with E-state index in [0.717, 1.165) is 23.3 Å². The molecule has 3 nitrogen and oxygen atoms in total. The lowest BCUT2D eigenvalue weighted by atomic mass is 10.0. The molecule has 0 radical (unpaired) electrons. The highest BCUT2D eigenvalue weighted by Crippen LogP contribution is 2.21. The van der Waals surface area contributed by atoms with Crippen molar-refractivity contribution in [1.82, 2.24) is 5.32 Å². The van der Waals surface area contributed by atoms with Gasteiger partial charge in [0.1, 0.15) is 12.4 Å². The van der Waals surface area contributed by atoms with Crippen LogP contribution in [0, 0.1) is 0 Å². The number of aliphatic hydroxyl groups is 1. The van der Waals surface area contributed by atoms with E-state index in [1.165, 1.54) is 0 Å². The van der Waals surface area contributed by atoms with Crippen LogP contribution in [0.15, 0.2) is 36.4 Å². The molecule has 0 saturated heterocycles. The van der Waals surface area contributed by atoms with Gasteiger partial charge < -0.3 is 15.2 Å². The molecule has 20 heavy (non-hydrogen) atoms. The summed E-state index contributed by atoms with van der Waals surface area (Å²) < 4.78 is 5.55. The summed E-state index contributed by atoms with van der Waals surface area (Å²) in [4.78, 5) is 0. The molecule has 0 aliphatic rings. The number of benzene rings is 1. The average molecular weight is 277 g/mol. The molecule has 0 aliphatic heterocycles. The number of hydrogen-bond donors (Lipinski definition) is 2. The fourth-order valence-corrected chi connectivity index (χ4v) is 1.91. The van der Waals surface area contributed by atoms with Crippen LogP contribution in [0.3, 0.4) is 0 Å². The molecule has 0 heterocycles. The summed E-state index contributed by atoms with van der Waals surface area (Å²) in [6, 6.07) is 8.01. The van der Waals surface area contributed by atoms with Gasteiger partial charge in [0.2, 0.25) is 0 Å². The highest BCUT2D eigenvalue weighted by atomic mass is 16.5. The zero-order valence-electron chi connectivity index (χ0n) is 13.0. The maximum absolute atomic E-state index is 10.3. The highest BCUT2D eigenvalue weighted by molar-refractivity contribution is 5.29. The van der Waals surface area contributed by atoms with Crippen LogP contribution in [0.2, 0.25) is 0 Å². The lowest BCUT2D eigenvalue weighted by molar-refractivity contribution is 0.130. The molecule has 0 amide bonds. The Labute approximate surface area is 122 Å². The van der Waals surface area contributed by atoms with Crippen LogP contribution < -0.4 is 10.1 Å². The van der Waals surface area contributed by atoms with Gasteiger partial charge in [-0.3, -0.25) is 0 Å². The topological polar surface area (TPSA) is 41.5 Å². The third kappa shape index (κ3) is 5.35. The number of hydrogen-bond acceptors (Lipinski definition) is 3. The fraction of sp³-hybridized carbons (Fsp3) is 0.529. The Kier molecular flexibility index (Phi) is 6.76. The number of rotatable bonds is 8. The van der Waals surface area contributed by atoms with E-state index in [4.69, 9.17) is 4.74 Å². The Hall–Kier alpha value is -1.32. The molecular weight excluding hydrogens is 250 g/mol. The predicted molar refractivity (Wildman–Crippen MR) is 84.1 cm³/mol. The Morgan fingerprint density at radius 1 is 1.30 bits per heavy atom. The van der Waals surface area contributed by atoms with E-state index in [-0.39, 0.29) is 6.04 Å². The zero-order valence-corrected chi connectivity index (χ0v) is 13.0. The lowest BCUT2D eigenvalue weighted by Crippen LogP contribution is -2.38. The second kappa shape index (κ2) is 8.08. The molecule has 2 N–H and O–H groups in total. The molecule has 3 atom stereocenters. The first kappa shape index (κ1) is 16.7. The quantitative estimate of drug-likeness (QED) is 0.715. The van der Waals surface area contributed by atoms with E-state index < -0.39 is 6.10 Å². The van der Waals surface area contributed by atoms with Crippen molar-refractivity contribution in [1.29, 1.82) is 0 Å². The summed E-state index contributed by atoms with van der Waals surface area (Å²) >= 11 is 0. The summed E-state index contributed by atoms with van der Waals surface area (Å²) in [5.74, 6) is 0.798. The van der Waals surface area contributed by atoms with Crippen molar-refractivity contribution < 1.29 is 9.84 Å². The molecule has 0 fully saturated rings. The fourth-order valence-electron chi connectivity index (χ4n) is 1.91. The Bertz CT molecular complexity index is 414. The molecule has 0 aliphatic carbocycles. The third-order valence-electron chi connectivity index (χ3n) is 3.34. The first-order valence-electron chi connectivity index (χ1n) is 7.25. The van der Waals surface area contributed by atoms with Crippen LogP contribution in [0.5, 0.6) is 5.75 Å². The van der Waals surface area contributed by atoms with E-state index in [9.17, 15) is 5.11 Å². The minimum absolute atomic E-state index is 0.0205. The van der Waals surface area contributed by atoms with E-state index in [1.807, 2.05) is 38.1 Å². The smallest absolute Gasteiger partial charge is 0.119 e.